The lowest BCUT2D eigenvalue weighted by atomic mass is 10.0. The molecule has 0 saturated carbocycles. The fourth-order valence-electron chi connectivity index (χ4n) is 3.32. The van der Waals surface area contributed by atoms with Gasteiger partial charge in [-0.1, -0.05) is 0 Å². The number of carbonyl (C=O) groups excluding carboxylic acids is 1. The maximum absolute atomic E-state index is 12.0. The van der Waals surface area contributed by atoms with E-state index >= 15 is 0 Å². The van der Waals surface area contributed by atoms with Crippen molar-refractivity contribution in [3.05, 3.63) is 22.4 Å². The monoisotopic (exact) mass is 288 g/mol. The van der Waals surface area contributed by atoms with Gasteiger partial charge in [0, 0.05) is 32.6 Å². The number of carbonyl (C=O) groups is 1. The van der Waals surface area contributed by atoms with E-state index in [1.54, 1.807) is 11.7 Å². The molecule has 8 nitrogen and oxygen atoms in total. The lowest BCUT2D eigenvalue weighted by molar-refractivity contribution is -0.122. The molecule has 0 spiro atoms. The maximum atomic E-state index is 12.0. The highest BCUT2D eigenvalue weighted by atomic mass is 16.2. The lowest BCUT2D eigenvalue weighted by Gasteiger charge is -2.15. The first-order valence-electron chi connectivity index (χ1n) is 7.03. The van der Waals surface area contributed by atoms with Gasteiger partial charge in [-0.25, -0.2) is 4.98 Å². The smallest absolute Gasteiger partial charge is 0.262 e. The topological polar surface area (TPSA) is 95.9 Å². The van der Waals surface area contributed by atoms with Gasteiger partial charge in [-0.2, -0.15) is 5.10 Å². The van der Waals surface area contributed by atoms with Crippen LogP contribution >= 0.6 is 0 Å². The number of amides is 1. The van der Waals surface area contributed by atoms with Crippen LogP contribution in [0.15, 0.2) is 11.0 Å². The first-order valence-corrected chi connectivity index (χ1v) is 7.03. The van der Waals surface area contributed by atoms with Gasteiger partial charge >= 0.3 is 0 Å². The number of fused-ring (bicyclic) bond motifs is 2. The Balaban J connectivity index is 1.59. The van der Waals surface area contributed by atoms with Gasteiger partial charge in [0.1, 0.15) is 11.2 Å². The molecule has 2 aromatic rings. The minimum atomic E-state index is -0.166. The minimum Gasteiger partial charge on any atom is -0.355 e. The molecule has 2 fully saturated rings. The molecule has 2 aliphatic heterocycles. The number of likely N-dealkylation sites (tertiary alicyclic amines) is 1. The zero-order chi connectivity index (χ0) is 14.6. The normalized spacial score (nSPS) is 25.5. The number of aromatic amines is 1. The summed E-state index contributed by atoms with van der Waals surface area (Å²) in [5.74, 6) is 1.23. The number of nitrogens with one attached hydrogen (secondary N) is 2. The molecule has 8 heteroatoms. The average molecular weight is 288 g/mol. The van der Waals surface area contributed by atoms with Gasteiger partial charge in [0.25, 0.3) is 5.56 Å². The summed E-state index contributed by atoms with van der Waals surface area (Å²) in [6, 6.07) is 0. The van der Waals surface area contributed by atoms with Crippen molar-refractivity contribution < 1.29 is 4.79 Å². The molecule has 2 saturated heterocycles. The van der Waals surface area contributed by atoms with Gasteiger partial charge in [0.2, 0.25) is 5.91 Å². The summed E-state index contributed by atoms with van der Waals surface area (Å²) in [4.78, 5) is 33.1. The summed E-state index contributed by atoms with van der Waals surface area (Å²) in [6.45, 7) is 2.89. The number of rotatable bonds is 2. The molecule has 0 aliphatic carbocycles. The number of hydrogen-bond acceptors (Lipinski definition) is 5. The van der Waals surface area contributed by atoms with Crippen LogP contribution in [0, 0.1) is 11.8 Å². The van der Waals surface area contributed by atoms with E-state index in [1.807, 2.05) is 0 Å². The van der Waals surface area contributed by atoms with E-state index < -0.39 is 0 Å². The van der Waals surface area contributed by atoms with E-state index in [4.69, 9.17) is 0 Å². The SMILES string of the molecule is Cn1ncc2c(=O)[nH]c(CN3C[C@@H]4CNC(=O)[C@@H]4C3)nc21. The predicted molar refractivity (Wildman–Crippen MR) is 74.4 cm³/mol. The largest absolute Gasteiger partial charge is 0.355 e. The number of nitrogens with zero attached hydrogens (tertiary/aromatic N) is 4. The van der Waals surface area contributed by atoms with Crippen LogP contribution in [-0.2, 0) is 18.4 Å². The molecular weight excluding hydrogens is 272 g/mol. The Kier molecular flexibility index (Phi) is 2.61. The summed E-state index contributed by atoms with van der Waals surface area (Å²) in [5, 5.41) is 7.45. The van der Waals surface area contributed by atoms with Gasteiger partial charge in [-0.15, -0.1) is 0 Å². The molecule has 2 N–H and O–H groups in total. The average Bonchev–Trinajstić information content (AvgIpc) is 3.09. The Labute approximate surface area is 120 Å². The highest BCUT2D eigenvalue weighted by Gasteiger charge is 2.41. The Bertz CT molecular complexity index is 779. The standard InChI is InChI=1S/C13H16N6O2/c1-18-11-8(3-15-18)13(21)17-10(16-11)6-19-4-7-2-14-12(20)9(7)5-19/h3,7,9H,2,4-6H2,1H3,(H,14,20)(H,16,17,21)/t7-,9+/m0/s1. The second-order valence-electron chi connectivity index (χ2n) is 5.82. The quantitative estimate of drug-likeness (QED) is 0.726. The van der Waals surface area contributed by atoms with Crippen molar-refractivity contribution in [2.75, 3.05) is 19.6 Å². The maximum Gasteiger partial charge on any atom is 0.262 e. The number of aryl methyl sites for hydroxylation is 1. The molecule has 0 aromatic carbocycles. The summed E-state index contributed by atoms with van der Waals surface area (Å²) in [7, 11) is 1.77. The molecule has 2 atom stereocenters. The van der Waals surface area contributed by atoms with Gasteiger partial charge in [-0.05, 0) is 0 Å². The molecule has 1 amide bonds. The van der Waals surface area contributed by atoms with E-state index in [0.717, 1.165) is 19.6 Å². The molecule has 0 radical (unpaired) electrons. The molecule has 0 bridgehead atoms. The van der Waals surface area contributed by atoms with Crippen LogP contribution in [0.3, 0.4) is 0 Å². The highest BCUT2D eigenvalue weighted by molar-refractivity contribution is 5.81. The summed E-state index contributed by atoms with van der Waals surface area (Å²) >= 11 is 0. The minimum absolute atomic E-state index is 0.0807. The second kappa shape index (κ2) is 4.39. The lowest BCUT2D eigenvalue weighted by Crippen LogP contribution is -2.29. The molecule has 21 heavy (non-hydrogen) atoms. The molecule has 2 aromatic heterocycles. The van der Waals surface area contributed by atoms with Crippen molar-refractivity contribution in [1.29, 1.82) is 0 Å². The third-order valence-electron chi connectivity index (χ3n) is 4.42. The van der Waals surface area contributed by atoms with E-state index in [0.29, 0.717) is 29.3 Å². The molecule has 2 aliphatic rings. The molecule has 110 valence electrons. The van der Waals surface area contributed by atoms with Crippen molar-refractivity contribution >= 4 is 16.9 Å². The van der Waals surface area contributed by atoms with Gasteiger partial charge < -0.3 is 10.3 Å². The first-order chi connectivity index (χ1) is 10.1. The van der Waals surface area contributed by atoms with Crippen LogP contribution in [-0.4, -0.2) is 50.2 Å². The zero-order valence-corrected chi connectivity index (χ0v) is 11.7. The van der Waals surface area contributed by atoms with Crippen molar-refractivity contribution in [3.63, 3.8) is 0 Å². The summed E-state index contributed by atoms with van der Waals surface area (Å²) in [6.07, 6.45) is 1.52. The van der Waals surface area contributed by atoms with E-state index in [2.05, 4.69) is 25.3 Å². The number of aromatic nitrogens is 4. The Morgan fingerprint density at radius 3 is 3.05 bits per heavy atom. The molecule has 4 heterocycles. The number of H-pyrrole nitrogens is 1. The van der Waals surface area contributed by atoms with Crippen molar-refractivity contribution in [1.82, 2.24) is 30.0 Å². The summed E-state index contributed by atoms with van der Waals surface area (Å²) in [5.41, 5.74) is 0.422. The second-order valence-corrected chi connectivity index (χ2v) is 5.82. The summed E-state index contributed by atoms with van der Waals surface area (Å²) < 4.78 is 1.60. The van der Waals surface area contributed by atoms with Crippen LogP contribution in [0.2, 0.25) is 0 Å². The molecule has 0 unspecified atom stereocenters. The first kappa shape index (κ1) is 12.5. The van der Waals surface area contributed by atoms with Gasteiger partial charge in [-0.3, -0.25) is 19.2 Å². The van der Waals surface area contributed by atoms with Crippen molar-refractivity contribution in [3.8, 4) is 0 Å². The third kappa shape index (κ3) is 1.94. The van der Waals surface area contributed by atoms with Crippen LogP contribution in [0.25, 0.3) is 11.0 Å². The fraction of sp³-hybridized carbons (Fsp3) is 0.538. The Morgan fingerprint density at radius 1 is 1.38 bits per heavy atom. The predicted octanol–water partition coefficient (Wildman–Crippen LogP) is -1.17. The Hall–Kier alpha value is -2.22. The van der Waals surface area contributed by atoms with Crippen LogP contribution in [0.5, 0.6) is 0 Å². The van der Waals surface area contributed by atoms with E-state index in [1.165, 1.54) is 6.20 Å². The van der Waals surface area contributed by atoms with Gasteiger partial charge in [0.15, 0.2) is 5.65 Å². The van der Waals surface area contributed by atoms with Crippen LogP contribution < -0.4 is 10.9 Å². The molecule has 4 rings (SSSR count). The van der Waals surface area contributed by atoms with Crippen molar-refractivity contribution in [2.45, 2.75) is 6.54 Å². The van der Waals surface area contributed by atoms with Gasteiger partial charge in [0.05, 0.1) is 18.7 Å². The highest BCUT2D eigenvalue weighted by Crippen LogP contribution is 2.27. The van der Waals surface area contributed by atoms with Crippen LogP contribution in [0.4, 0.5) is 0 Å². The van der Waals surface area contributed by atoms with E-state index in [9.17, 15) is 9.59 Å². The molecular formula is C13H16N6O2. The van der Waals surface area contributed by atoms with E-state index in [-0.39, 0.29) is 17.4 Å². The van der Waals surface area contributed by atoms with Crippen LogP contribution in [0.1, 0.15) is 5.82 Å². The third-order valence-corrected chi connectivity index (χ3v) is 4.42. The zero-order valence-electron chi connectivity index (χ0n) is 11.7. The fourth-order valence-corrected chi connectivity index (χ4v) is 3.32. The Morgan fingerprint density at radius 2 is 2.24 bits per heavy atom. The van der Waals surface area contributed by atoms with Crippen molar-refractivity contribution in [2.24, 2.45) is 18.9 Å². The number of hydrogen-bond donors (Lipinski definition) is 2.